The molecule has 0 fully saturated rings. The Morgan fingerprint density at radius 1 is 0.296 bits per heavy atom. The first-order chi connectivity index (χ1) is 35.0. The van der Waals surface area contributed by atoms with Gasteiger partial charge in [0.15, 0.2) is 6.10 Å². The van der Waals surface area contributed by atoms with Crippen molar-refractivity contribution in [3.8, 4) is 0 Å². The molecule has 0 saturated carbocycles. The summed E-state index contributed by atoms with van der Waals surface area (Å²) >= 11 is 0. The molecular weight excluding hydrogens is 877 g/mol. The summed E-state index contributed by atoms with van der Waals surface area (Å²) in [5.41, 5.74) is 0. The Balaban J connectivity index is 4.37. The van der Waals surface area contributed by atoms with Gasteiger partial charge in [0.1, 0.15) is 13.2 Å². The molecule has 0 aromatic heterocycles. The highest BCUT2D eigenvalue weighted by Crippen LogP contribution is 2.15. The first-order valence-corrected chi connectivity index (χ1v) is 30.1. The standard InChI is InChI=1S/C65H112O6/c1-4-7-10-13-16-19-22-25-28-30-31-32-33-34-35-36-38-40-43-46-49-52-55-58-64(67)70-61-62(60-69-63(66)57-54-51-48-45-42-39-27-24-21-18-15-12-9-6-3)71-65(68)59-56-53-50-47-44-41-37-29-26-23-20-17-14-11-8-5-2/h7,10,16,19-20,23-25,27-29,31-32,37,62H,4-6,8-9,11-15,17-18,21-22,26,30,33-36,38-61H2,1-3H3/b10-7-,19-16-,23-20-,27-24-,28-25-,32-31-,37-29-. The van der Waals surface area contributed by atoms with Gasteiger partial charge in [0.05, 0.1) is 0 Å². The smallest absolute Gasteiger partial charge is 0.306 e. The zero-order chi connectivity index (χ0) is 51.4. The molecule has 0 heterocycles. The molecule has 1 unspecified atom stereocenters. The van der Waals surface area contributed by atoms with E-state index in [0.717, 1.165) is 116 Å². The van der Waals surface area contributed by atoms with Crippen LogP contribution in [0.15, 0.2) is 85.1 Å². The minimum Gasteiger partial charge on any atom is -0.462 e. The number of rotatable bonds is 54. The van der Waals surface area contributed by atoms with E-state index in [0.29, 0.717) is 19.3 Å². The summed E-state index contributed by atoms with van der Waals surface area (Å²) in [5, 5.41) is 0. The average Bonchev–Trinajstić information content (AvgIpc) is 3.37. The lowest BCUT2D eigenvalue weighted by Gasteiger charge is -2.18. The third-order valence-electron chi connectivity index (χ3n) is 12.9. The first-order valence-electron chi connectivity index (χ1n) is 30.1. The zero-order valence-corrected chi connectivity index (χ0v) is 46.7. The zero-order valence-electron chi connectivity index (χ0n) is 46.7. The van der Waals surface area contributed by atoms with E-state index in [-0.39, 0.29) is 31.1 Å². The molecular formula is C65H112O6. The molecule has 0 aliphatic heterocycles. The second-order valence-corrected chi connectivity index (χ2v) is 19.9. The number of esters is 3. The lowest BCUT2D eigenvalue weighted by atomic mass is 10.1. The van der Waals surface area contributed by atoms with Crippen LogP contribution in [0, 0.1) is 0 Å². The monoisotopic (exact) mass is 989 g/mol. The number of hydrogen-bond acceptors (Lipinski definition) is 6. The topological polar surface area (TPSA) is 78.9 Å². The third-order valence-corrected chi connectivity index (χ3v) is 12.9. The van der Waals surface area contributed by atoms with E-state index in [2.05, 4.69) is 106 Å². The molecule has 0 bridgehead atoms. The van der Waals surface area contributed by atoms with Crippen LogP contribution in [0.4, 0.5) is 0 Å². The summed E-state index contributed by atoms with van der Waals surface area (Å²) in [6.07, 6.45) is 77.2. The Labute approximate surface area is 439 Å². The maximum atomic E-state index is 12.9. The molecule has 0 aliphatic rings. The van der Waals surface area contributed by atoms with Crippen LogP contribution in [0.1, 0.15) is 290 Å². The van der Waals surface area contributed by atoms with Gasteiger partial charge in [0, 0.05) is 19.3 Å². The first kappa shape index (κ1) is 67.6. The molecule has 0 radical (unpaired) electrons. The Kier molecular flexibility index (Phi) is 56.3. The van der Waals surface area contributed by atoms with Crippen LogP contribution in [0.3, 0.4) is 0 Å². The maximum absolute atomic E-state index is 12.9. The van der Waals surface area contributed by atoms with Gasteiger partial charge in [-0.3, -0.25) is 14.4 Å². The van der Waals surface area contributed by atoms with E-state index in [4.69, 9.17) is 14.2 Å². The number of unbranched alkanes of at least 4 members (excludes halogenated alkanes) is 29. The fourth-order valence-corrected chi connectivity index (χ4v) is 8.34. The van der Waals surface area contributed by atoms with Crippen LogP contribution in [0.2, 0.25) is 0 Å². The van der Waals surface area contributed by atoms with Gasteiger partial charge in [-0.25, -0.2) is 0 Å². The molecule has 0 N–H and O–H groups in total. The quantitative estimate of drug-likeness (QED) is 0.0261. The summed E-state index contributed by atoms with van der Waals surface area (Å²) < 4.78 is 16.9. The Morgan fingerprint density at radius 2 is 0.549 bits per heavy atom. The summed E-state index contributed by atoms with van der Waals surface area (Å²) in [6, 6.07) is 0. The molecule has 6 nitrogen and oxygen atoms in total. The fraction of sp³-hybridized carbons (Fsp3) is 0.738. The Hall–Kier alpha value is -3.41. The van der Waals surface area contributed by atoms with Crippen LogP contribution in [-0.4, -0.2) is 37.2 Å². The van der Waals surface area contributed by atoms with Crippen LogP contribution in [0.25, 0.3) is 0 Å². The largest absolute Gasteiger partial charge is 0.462 e. The van der Waals surface area contributed by atoms with E-state index in [1.807, 2.05) is 0 Å². The summed E-state index contributed by atoms with van der Waals surface area (Å²) in [7, 11) is 0. The lowest BCUT2D eigenvalue weighted by Crippen LogP contribution is -2.30. The van der Waals surface area contributed by atoms with Crippen molar-refractivity contribution in [2.24, 2.45) is 0 Å². The highest BCUT2D eigenvalue weighted by molar-refractivity contribution is 5.71. The van der Waals surface area contributed by atoms with Crippen molar-refractivity contribution in [1.29, 1.82) is 0 Å². The third kappa shape index (κ3) is 57.4. The molecule has 0 aromatic carbocycles. The molecule has 408 valence electrons. The molecule has 1 atom stereocenters. The van der Waals surface area contributed by atoms with Crippen molar-refractivity contribution in [3.05, 3.63) is 85.1 Å². The Morgan fingerprint density at radius 3 is 0.887 bits per heavy atom. The van der Waals surface area contributed by atoms with Crippen LogP contribution < -0.4 is 0 Å². The van der Waals surface area contributed by atoms with E-state index in [9.17, 15) is 14.4 Å². The molecule has 71 heavy (non-hydrogen) atoms. The SMILES string of the molecule is CC/C=C\C/C=C\C/C=C\C/C=C\CCCCCCCCCCCCC(=O)OCC(COC(=O)CCCCCCC/C=C\CCCCCCC)OC(=O)CCCCCCC/C=C\C/C=C\CCCCCC. The Bertz CT molecular complexity index is 1370. The molecule has 0 saturated heterocycles. The lowest BCUT2D eigenvalue weighted by molar-refractivity contribution is -0.167. The van der Waals surface area contributed by atoms with Gasteiger partial charge in [-0.15, -0.1) is 0 Å². The van der Waals surface area contributed by atoms with Crippen molar-refractivity contribution >= 4 is 17.9 Å². The average molecular weight is 990 g/mol. The molecule has 0 rings (SSSR count). The van der Waals surface area contributed by atoms with Gasteiger partial charge < -0.3 is 14.2 Å². The molecule has 0 aromatic rings. The maximum Gasteiger partial charge on any atom is 0.306 e. The van der Waals surface area contributed by atoms with Crippen molar-refractivity contribution in [2.75, 3.05) is 13.2 Å². The number of ether oxygens (including phenoxy) is 3. The summed E-state index contributed by atoms with van der Waals surface area (Å²) in [6.45, 7) is 6.50. The number of carbonyl (C=O) groups is 3. The van der Waals surface area contributed by atoms with Gasteiger partial charge in [-0.05, 0) is 116 Å². The summed E-state index contributed by atoms with van der Waals surface area (Å²) in [4.78, 5) is 38.2. The highest BCUT2D eigenvalue weighted by Gasteiger charge is 2.19. The van der Waals surface area contributed by atoms with Crippen molar-refractivity contribution < 1.29 is 28.6 Å². The number of hydrogen-bond donors (Lipinski definition) is 0. The van der Waals surface area contributed by atoms with E-state index < -0.39 is 6.10 Å². The van der Waals surface area contributed by atoms with Gasteiger partial charge >= 0.3 is 17.9 Å². The second kappa shape index (κ2) is 59.2. The van der Waals surface area contributed by atoms with E-state index >= 15 is 0 Å². The van der Waals surface area contributed by atoms with E-state index in [1.54, 1.807) is 0 Å². The molecule has 0 amide bonds. The van der Waals surface area contributed by atoms with Crippen molar-refractivity contribution in [1.82, 2.24) is 0 Å². The highest BCUT2D eigenvalue weighted by atomic mass is 16.6. The van der Waals surface area contributed by atoms with Crippen LogP contribution in [0.5, 0.6) is 0 Å². The summed E-state index contributed by atoms with van der Waals surface area (Å²) in [5.74, 6) is -0.905. The fourth-order valence-electron chi connectivity index (χ4n) is 8.34. The van der Waals surface area contributed by atoms with Gasteiger partial charge in [-0.1, -0.05) is 241 Å². The van der Waals surface area contributed by atoms with Gasteiger partial charge in [0.25, 0.3) is 0 Å². The van der Waals surface area contributed by atoms with Gasteiger partial charge in [-0.2, -0.15) is 0 Å². The molecule has 0 aliphatic carbocycles. The molecule has 0 spiro atoms. The van der Waals surface area contributed by atoms with Crippen LogP contribution in [-0.2, 0) is 28.6 Å². The second-order valence-electron chi connectivity index (χ2n) is 19.9. The van der Waals surface area contributed by atoms with Gasteiger partial charge in [0.2, 0.25) is 0 Å². The molecule has 6 heteroatoms. The van der Waals surface area contributed by atoms with Crippen molar-refractivity contribution in [3.63, 3.8) is 0 Å². The predicted molar refractivity (Wildman–Crippen MR) is 307 cm³/mol. The van der Waals surface area contributed by atoms with Crippen molar-refractivity contribution in [2.45, 2.75) is 297 Å². The number of allylic oxidation sites excluding steroid dienone is 14. The minimum absolute atomic E-state index is 0.0864. The normalized spacial score (nSPS) is 12.7. The van der Waals surface area contributed by atoms with E-state index in [1.165, 1.54) is 135 Å². The predicted octanol–water partition coefficient (Wildman–Crippen LogP) is 20.3. The van der Waals surface area contributed by atoms with Crippen LogP contribution >= 0.6 is 0 Å². The minimum atomic E-state index is -0.790. The number of carbonyl (C=O) groups excluding carboxylic acids is 3.